The molecular weight excluding hydrogens is 261 g/mol. The summed E-state index contributed by atoms with van der Waals surface area (Å²) in [4.78, 5) is 4.20. The lowest BCUT2D eigenvalue weighted by Gasteiger charge is -2.02. The minimum absolute atomic E-state index is 0.228. The molecule has 2 nitrogen and oxygen atoms in total. The number of aliphatic hydroxyl groups is 1. The van der Waals surface area contributed by atoms with Gasteiger partial charge in [-0.15, -0.1) is 11.8 Å². The first-order valence-corrected chi connectivity index (χ1v) is 6.69. The van der Waals surface area contributed by atoms with E-state index in [1.807, 2.05) is 24.3 Å². The van der Waals surface area contributed by atoms with E-state index < -0.39 is 0 Å². The predicted octanol–water partition coefficient (Wildman–Crippen LogP) is 2.86. The fourth-order valence-corrected chi connectivity index (χ4v) is 2.33. The zero-order chi connectivity index (χ0) is 13.5. The maximum atomic E-state index is 13.4. The Morgan fingerprint density at radius 3 is 2.89 bits per heavy atom. The molecular formula is C15H12FNOS. The summed E-state index contributed by atoms with van der Waals surface area (Å²) in [5.41, 5.74) is 1.42. The number of rotatable bonds is 3. The van der Waals surface area contributed by atoms with Crippen LogP contribution in [-0.2, 0) is 5.75 Å². The molecule has 0 saturated carbocycles. The molecule has 19 heavy (non-hydrogen) atoms. The Kier molecular flexibility index (Phi) is 4.96. The van der Waals surface area contributed by atoms with Gasteiger partial charge >= 0.3 is 0 Å². The summed E-state index contributed by atoms with van der Waals surface area (Å²) in [7, 11) is 0. The molecule has 0 unspecified atom stereocenters. The maximum absolute atomic E-state index is 13.4. The van der Waals surface area contributed by atoms with E-state index in [0.29, 0.717) is 11.3 Å². The van der Waals surface area contributed by atoms with Crippen LogP contribution in [0.3, 0.4) is 0 Å². The molecule has 0 radical (unpaired) electrons. The highest BCUT2D eigenvalue weighted by Crippen LogP contribution is 2.21. The Bertz CT molecular complexity index is 605. The van der Waals surface area contributed by atoms with Crippen LogP contribution in [0, 0.1) is 17.7 Å². The first-order valence-electron chi connectivity index (χ1n) is 5.71. The molecule has 2 rings (SSSR count). The van der Waals surface area contributed by atoms with Gasteiger partial charge in [-0.2, -0.15) is 0 Å². The highest BCUT2D eigenvalue weighted by Gasteiger charge is 2.01. The van der Waals surface area contributed by atoms with Crippen LogP contribution < -0.4 is 0 Å². The normalized spacial score (nSPS) is 9.79. The van der Waals surface area contributed by atoms with E-state index in [0.717, 1.165) is 10.6 Å². The summed E-state index contributed by atoms with van der Waals surface area (Å²) in [6.07, 6.45) is 1.73. The maximum Gasteiger partial charge on any atom is 0.124 e. The minimum atomic E-state index is -0.318. The van der Waals surface area contributed by atoms with Crippen molar-refractivity contribution in [2.24, 2.45) is 0 Å². The van der Waals surface area contributed by atoms with E-state index in [2.05, 4.69) is 16.8 Å². The summed E-state index contributed by atoms with van der Waals surface area (Å²) < 4.78 is 13.4. The Morgan fingerprint density at radius 2 is 2.16 bits per heavy atom. The number of hydrogen-bond acceptors (Lipinski definition) is 3. The van der Waals surface area contributed by atoms with Gasteiger partial charge in [0.25, 0.3) is 0 Å². The summed E-state index contributed by atoms with van der Waals surface area (Å²) in [6.45, 7) is -0.228. The number of nitrogens with zero attached hydrogens (tertiary/aromatic N) is 1. The van der Waals surface area contributed by atoms with Crippen molar-refractivity contribution in [1.29, 1.82) is 0 Å². The Labute approximate surface area is 115 Å². The zero-order valence-electron chi connectivity index (χ0n) is 10.1. The fraction of sp³-hybridized carbons (Fsp3) is 0.133. The van der Waals surface area contributed by atoms with Crippen molar-refractivity contribution < 1.29 is 9.50 Å². The quantitative estimate of drug-likeness (QED) is 0.689. The molecule has 0 aliphatic rings. The molecule has 4 heteroatoms. The third-order valence-electron chi connectivity index (χ3n) is 2.29. The largest absolute Gasteiger partial charge is 0.384 e. The molecule has 1 N–H and O–H groups in total. The van der Waals surface area contributed by atoms with E-state index >= 15 is 0 Å². The third kappa shape index (κ3) is 4.40. The first-order chi connectivity index (χ1) is 9.28. The van der Waals surface area contributed by atoms with Crippen molar-refractivity contribution in [2.75, 3.05) is 6.61 Å². The van der Waals surface area contributed by atoms with Gasteiger partial charge in [0.1, 0.15) is 12.4 Å². The van der Waals surface area contributed by atoms with Gasteiger partial charge in [0.2, 0.25) is 0 Å². The Hall–Kier alpha value is -1.83. The summed E-state index contributed by atoms with van der Waals surface area (Å²) in [6, 6.07) is 10.4. The van der Waals surface area contributed by atoms with Gasteiger partial charge < -0.3 is 5.11 Å². The van der Waals surface area contributed by atoms with Gasteiger partial charge in [-0.05, 0) is 35.9 Å². The van der Waals surface area contributed by atoms with Gasteiger partial charge in [-0.25, -0.2) is 9.37 Å². The molecule has 0 aliphatic heterocycles. The molecule has 0 spiro atoms. The molecule has 0 amide bonds. The van der Waals surface area contributed by atoms with Gasteiger partial charge in [-0.3, -0.25) is 0 Å². The molecule has 1 aromatic heterocycles. The molecule has 0 aliphatic carbocycles. The Balaban J connectivity index is 2.10. The third-order valence-corrected chi connectivity index (χ3v) is 3.31. The van der Waals surface area contributed by atoms with Crippen LogP contribution in [0.1, 0.15) is 11.1 Å². The van der Waals surface area contributed by atoms with E-state index in [4.69, 9.17) is 5.11 Å². The van der Waals surface area contributed by atoms with Crippen molar-refractivity contribution in [3.8, 4) is 11.8 Å². The first kappa shape index (κ1) is 13.6. The van der Waals surface area contributed by atoms with Crippen LogP contribution in [0.5, 0.6) is 0 Å². The number of thioether (sulfide) groups is 1. The number of hydrogen-bond donors (Lipinski definition) is 1. The number of aromatic nitrogens is 1. The average molecular weight is 273 g/mol. The molecule has 0 bridgehead atoms. The summed E-state index contributed by atoms with van der Waals surface area (Å²) >= 11 is 1.54. The molecule has 1 heterocycles. The van der Waals surface area contributed by atoms with Gasteiger partial charge in [0.15, 0.2) is 0 Å². The second-order valence-electron chi connectivity index (χ2n) is 3.76. The molecule has 2 aromatic rings. The van der Waals surface area contributed by atoms with Crippen LogP contribution in [-0.4, -0.2) is 16.7 Å². The van der Waals surface area contributed by atoms with E-state index in [-0.39, 0.29) is 12.4 Å². The van der Waals surface area contributed by atoms with Crippen LogP contribution in [0.4, 0.5) is 4.39 Å². The lowest BCUT2D eigenvalue weighted by molar-refractivity contribution is 0.350. The fourth-order valence-electron chi connectivity index (χ4n) is 1.54. The Morgan fingerprint density at radius 1 is 1.26 bits per heavy atom. The van der Waals surface area contributed by atoms with Crippen LogP contribution in [0.25, 0.3) is 0 Å². The smallest absolute Gasteiger partial charge is 0.124 e. The van der Waals surface area contributed by atoms with Crippen molar-refractivity contribution >= 4 is 11.8 Å². The number of pyridine rings is 1. The SMILES string of the molecule is OCC#Cc1cc(F)cc(CSc2ccccn2)c1. The van der Waals surface area contributed by atoms with Crippen LogP contribution in [0.2, 0.25) is 0 Å². The monoisotopic (exact) mass is 273 g/mol. The standard InChI is InChI=1S/C15H12FNOS/c16-14-9-12(4-3-7-18)8-13(10-14)11-19-15-5-1-2-6-17-15/h1-2,5-6,8-10,18H,7,11H2. The molecule has 1 aromatic carbocycles. The second-order valence-corrected chi connectivity index (χ2v) is 4.76. The van der Waals surface area contributed by atoms with Crippen molar-refractivity contribution in [3.63, 3.8) is 0 Å². The van der Waals surface area contributed by atoms with E-state index in [9.17, 15) is 4.39 Å². The van der Waals surface area contributed by atoms with Crippen LogP contribution in [0.15, 0.2) is 47.6 Å². The topological polar surface area (TPSA) is 33.1 Å². The highest BCUT2D eigenvalue weighted by atomic mass is 32.2. The predicted molar refractivity (Wildman–Crippen MR) is 74.2 cm³/mol. The second kappa shape index (κ2) is 6.93. The lowest BCUT2D eigenvalue weighted by atomic mass is 10.1. The summed E-state index contributed by atoms with van der Waals surface area (Å²) in [5.74, 6) is 5.53. The van der Waals surface area contributed by atoms with Gasteiger partial charge in [0, 0.05) is 17.5 Å². The molecule has 0 atom stereocenters. The average Bonchev–Trinajstić information content (AvgIpc) is 2.43. The van der Waals surface area contributed by atoms with Crippen molar-refractivity contribution in [3.05, 3.63) is 59.5 Å². The highest BCUT2D eigenvalue weighted by molar-refractivity contribution is 7.98. The van der Waals surface area contributed by atoms with Gasteiger partial charge in [-0.1, -0.05) is 17.9 Å². The minimum Gasteiger partial charge on any atom is -0.384 e. The van der Waals surface area contributed by atoms with E-state index in [1.165, 1.54) is 23.9 Å². The molecule has 0 saturated heterocycles. The van der Waals surface area contributed by atoms with Gasteiger partial charge in [0.05, 0.1) is 5.03 Å². The number of halogens is 1. The molecule has 96 valence electrons. The number of benzene rings is 1. The van der Waals surface area contributed by atoms with E-state index in [1.54, 1.807) is 6.20 Å². The lowest BCUT2D eigenvalue weighted by Crippen LogP contribution is -1.88. The zero-order valence-corrected chi connectivity index (χ0v) is 11.0. The number of aliphatic hydroxyl groups excluding tert-OH is 1. The molecule has 0 fully saturated rings. The van der Waals surface area contributed by atoms with Crippen molar-refractivity contribution in [1.82, 2.24) is 4.98 Å². The van der Waals surface area contributed by atoms with Crippen LogP contribution >= 0.6 is 11.8 Å². The van der Waals surface area contributed by atoms with Crippen molar-refractivity contribution in [2.45, 2.75) is 10.8 Å². The summed E-state index contributed by atoms with van der Waals surface area (Å²) in [5, 5.41) is 9.54.